The number of nitrogens with two attached hydrogens (primary N) is 1. The molecule has 2 fully saturated rings. The number of nitrogens with zero attached hydrogens (tertiary/aromatic N) is 1. The smallest absolute Gasteiger partial charge is 0.321 e. The van der Waals surface area contributed by atoms with Gasteiger partial charge in [0.15, 0.2) is 0 Å². The van der Waals surface area contributed by atoms with E-state index in [4.69, 9.17) is 10.5 Å². The highest BCUT2D eigenvalue weighted by molar-refractivity contribution is 5.77. The molecule has 2 heterocycles. The zero-order chi connectivity index (χ0) is 15.2. The van der Waals surface area contributed by atoms with Crippen LogP contribution in [0.25, 0.3) is 0 Å². The van der Waals surface area contributed by atoms with Gasteiger partial charge < -0.3 is 20.7 Å². The maximum absolute atomic E-state index is 12.4. The number of unbranched alkanes of at least 4 members (excludes halogenated alkanes) is 1. The van der Waals surface area contributed by atoms with Crippen molar-refractivity contribution in [2.24, 2.45) is 17.6 Å². The van der Waals surface area contributed by atoms with Crippen molar-refractivity contribution in [1.29, 1.82) is 0 Å². The van der Waals surface area contributed by atoms with E-state index in [0.717, 1.165) is 51.3 Å². The van der Waals surface area contributed by atoms with E-state index in [9.17, 15) is 4.79 Å². The topological polar surface area (TPSA) is 67.6 Å². The molecular weight excluding hydrogens is 266 g/mol. The molecule has 0 aromatic rings. The summed E-state index contributed by atoms with van der Waals surface area (Å²) in [4.78, 5) is 14.3. The second-order valence-corrected chi connectivity index (χ2v) is 5.87. The van der Waals surface area contributed by atoms with E-state index >= 15 is 0 Å². The first kappa shape index (κ1) is 15.9. The third kappa shape index (κ3) is 4.00. The first-order valence-electron chi connectivity index (χ1n) is 7.95. The molecule has 2 aliphatic rings. The van der Waals surface area contributed by atoms with Crippen molar-refractivity contribution >= 4 is 6.03 Å². The van der Waals surface area contributed by atoms with Gasteiger partial charge in [-0.2, -0.15) is 0 Å². The number of rotatable bonds is 5. The highest BCUT2D eigenvalue weighted by atomic mass is 16.5. The molecule has 0 aliphatic carbocycles. The summed E-state index contributed by atoms with van der Waals surface area (Å²) in [5, 5.41) is 2.97. The minimum absolute atomic E-state index is 0.0445. The first-order valence-corrected chi connectivity index (χ1v) is 7.95. The zero-order valence-corrected chi connectivity index (χ0v) is 13.1. The Morgan fingerprint density at radius 3 is 2.52 bits per heavy atom. The number of allylic oxidation sites excluding steroid dienone is 2. The summed E-state index contributed by atoms with van der Waals surface area (Å²) in [7, 11) is 0. The molecule has 5 nitrogen and oxygen atoms in total. The number of fused-ring (bicyclic) bond motifs is 1. The van der Waals surface area contributed by atoms with Gasteiger partial charge in [-0.15, -0.1) is 0 Å². The molecule has 2 rings (SSSR count). The number of hydrogen-bond acceptors (Lipinski definition) is 3. The van der Waals surface area contributed by atoms with Gasteiger partial charge >= 0.3 is 6.03 Å². The molecule has 2 atom stereocenters. The molecule has 0 aromatic heterocycles. The Morgan fingerprint density at radius 1 is 1.29 bits per heavy atom. The zero-order valence-electron chi connectivity index (χ0n) is 13.1. The van der Waals surface area contributed by atoms with Gasteiger partial charge in [0.25, 0.3) is 0 Å². The van der Waals surface area contributed by atoms with Crippen molar-refractivity contribution in [3.63, 3.8) is 0 Å². The maximum atomic E-state index is 12.4. The molecular formula is C16H27N3O2. The van der Waals surface area contributed by atoms with E-state index in [1.54, 1.807) is 0 Å². The Kier molecular flexibility index (Phi) is 5.67. The largest absolute Gasteiger partial charge is 0.397 e. The molecule has 21 heavy (non-hydrogen) atoms. The first-order chi connectivity index (χ1) is 10.2. The van der Waals surface area contributed by atoms with Gasteiger partial charge in [0, 0.05) is 24.9 Å². The third-order valence-electron chi connectivity index (χ3n) is 4.14. The van der Waals surface area contributed by atoms with Crippen molar-refractivity contribution in [1.82, 2.24) is 10.2 Å². The summed E-state index contributed by atoms with van der Waals surface area (Å²) >= 11 is 0. The van der Waals surface area contributed by atoms with E-state index in [2.05, 4.69) is 12.2 Å². The minimum Gasteiger partial charge on any atom is -0.397 e. The standard InChI is InChI=1S/C16H27N3O2/c1-3-5-7-14(17)15(6-4-2)18-16(20)19-8-12-10-21-11-13(12)9-19/h6-7,12-13H,3-5,8-11,17H2,1-2H3,(H,18,20)/b14-7+,15-6-. The molecule has 2 amide bonds. The van der Waals surface area contributed by atoms with Gasteiger partial charge in [-0.05, 0) is 12.8 Å². The predicted octanol–water partition coefficient (Wildman–Crippen LogP) is 2.21. The number of carbonyl (C=O) groups excluding carboxylic acids is 1. The lowest BCUT2D eigenvalue weighted by Gasteiger charge is -2.20. The van der Waals surface area contributed by atoms with E-state index in [1.165, 1.54) is 0 Å². The Bertz CT molecular complexity index is 419. The summed E-state index contributed by atoms with van der Waals surface area (Å²) in [6, 6.07) is -0.0445. The fourth-order valence-corrected chi connectivity index (χ4v) is 2.90. The SMILES string of the molecule is CC/C=C(NC(=O)N1CC2COCC2C1)/C(N)=C\CCC. The van der Waals surface area contributed by atoms with Gasteiger partial charge in [0.05, 0.1) is 24.6 Å². The van der Waals surface area contributed by atoms with Crippen LogP contribution in [0, 0.1) is 11.8 Å². The minimum atomic E-state index is -0.0445. The summed E-state index contributed by atoms with van der Waals surface area (Å²) in [5.74, 6) is 1.00. The van der Waals surface area contributed by atoms with Crippen LogP contribution in [0.5, 0.6) is 0 Å². The number of amides is 2. The molecule has 2 saturated heterocycles. The average molecular weight is 293 g/mol. The molecule has 3 N–H and O–H groups in total. The lowest BCUT2D eigenvalue weighted by molar-refractivity contribution is 0.155. The van der Waals surface area contributed by atoms with Crippen LogP contribution in [0.1, 0.15) is 33.1 Å². The number of nitrogens with one attached hydrogen (secondary N) is 1. The van der Waals surface area contributed by atoms with Gasteiger partial charge in [-0.3, -0.25) is 0 Å². The number of ether oxygens (including phenoxy) is 1. The van der Waals surface area contributed by atoms with E-state index < -0.39 is 0 Å². The summed E-state index contributed by atoms with van der Waals surface area (Å²) < 4.78 is 5.44. The molecule has 5 heteroatoms. The Hall–Kier alpha value is -1.49. The Morgan fingerprint density at radius 2 is 1.95 bits per heavy atom. The second-order valence-electron chi connectivity index (χ2n) is 5.87. The second kappa shape index (κ2) is 7.50. The van der Waals surface area contributed by atoms with Crippen LogP contribution < -0.4 is 11.1 Å². The third-order valence-corrected chi connectivity index (χ3v) is 4.14. The molecule has 2 aliphatic heterocycles. The summed E-state index contributed by atoms with van der Waals surface area (Å²) in [6.45, 7) is 7.28. The lowest BCUT2D eigenvalue weighted by atomic mass is 10.0. The van der Waals surface area contributed by atoms with Crippen LogP contribution in [0.2, 0.25) is 0 Å². The van der Waals surface area contributed by atoms with Crippen LogP contribution in [0.3, 0.4) is 0 Å². The normalized spacial score (nSPS) is 26.1. The molecule has 0 radical (unpaired) electrons. The molecule has 118 valence electrons. The van der Waals surface area contributed by atoms with Crippen molar-refractivity contribution in [3.8, 4) is 0 Å². The van der Waals surface area contributed by atoms with Gasteiger partial charge in [0.1, 0.15) is 0 Å². The fourth-order valence-electron chi connectivity index (χ4n) is 2.90. The number of likely N-dealkylation sites (tertiary alicyclic amines) is 1. The van der Waals surface area contributed by atoms with Crippen LogP contribution in [-0.2, 0) is 4.74 Å². The maximum Gasteiger partial charge on any atom is 0.321 e. The van der Waals surface area contributed by atoms with Crippen LogP contribution in [0.4, 0.5) is 4.79 Å². The monoisotopic (exact) mass is 293 g/mol. The fraction of sp³-hybridized carbons (Fsp3) is 0.688. The van der Waals surface area contributed by atoms with Crippen LogP contribution in [0.15, 0.2) is 23.5 Å². The van der Waals surface area contributed by atoms with Crippen molar-refractivity contribution in [2.45, 2.75) is 33.1 Å². The lowest BCUT2D eigenvalue weighted by Crippen LogP contribution is -2.39. The molecule has 0 bridgehead atoms. The number of hydrogen-bond donors (Lipinski definition) is 2. The molecule has 0 saturated carbocycles. The van der Waals surface area contributed by atoms with E-state index in [1.807, 2.05) is 24.0 Å². The van der Waals surface area contributed by atoms with Crippen LogP contribution >= 0.6 is 0 Å². The molecule has 0 aromatic carbocycles. The summed E-state index contributed by atoms with van der Waals surface area (Å²) in [6.07, 6.45) is 6.76. The number of carbonyl (C=O) groups is 1. The van der Waals surface area contributed by atoms with Gasteiger partial charge in [-0.1, -0.05) is 32.4 Å². The van der Waals surface area contributed by atoms with Gasteiger partial charge in [-0.25, -0.2) is 4.79 Å². The van der Waals surface area contributed by atoms with Crippen LogP contribution in [-0.4, -0.2) is 37.2 Å². The summed E-state index contributed by atoms with van der Waals surface area (Å²) in [5.41, 5.74) is 7.47. The molecule has 2 unspecified atom stereocenters. The average Bonchev–Trinajstić information content (AvgIpc) is 3.05. The highest BCUT2D eigenvalue weighted by Gasteiger charge is 2.39. The van der Waals surface area contributed by atoms with E-state index in [0.29, 0.717) is 17.5 Å². The Labute approximate surface area is 127 Å². The van der Waals surface area contributed by atoms with Crippen molar-refractivity contribution in [3.05, 3.63) is 23.5 Å². The Balaban J connectivity index is 1.94. The quantitative estimate of drug-likeness (QED) is 0.764. The van der Waals surface area contributed by atoms with Crippen molar-refractivity contribution < 1.29 is 9.53 Å². The number of urea groups is 1. The van der Waals surface area contributed by atoms with E-state index in [-0.39, 0.29) is 6.03 Å². The van der Waals surface area contributed by atoms with Crippen molar-refractivity contribution in [2.75, 3.05) is 26.3 Å². The highest BCUT2D eigenvalue weighted by Crippen LogP contribution is 2.29. The predicted molar refractivity (Wildman–Crippen MR) is 83.5 cm³/mol. The molecule has 0 spiro atoms. The van der Waals surface area contributed by atoms with Gasteiger partial charge in [0.2, 0.25) is 0 Å².